The number of Topliss-reactive ketones (excluding diaryl/α,β-unsaturated/α-hetero) is 1. The maximum atomic E-state index is 13.5. The molecule has 0 aliphatic heterocycles. The van der Waals surface area contributed by atoms with Crippen molar-refractivity contribution in [1.82, 2.24) is 5.32 Å². The number of amides is 1. The molecule has 0 spiro atoms. The second kappa shape index (κ2) is 18.6. The van der Waals surface area contributed by atoms with E-state index < -0.39 is 47.2 Å². The van der Waals surface area contributed by atoms with Crippen LogP contribution >= 0.6 is 0 Å². The molecule has 1 aromatic carbocycles. The van der Waals surface area contributed by atoms with Crippen molar-refractivity contribution in [3.63, 3.8) is 0 Å². The molecule has 38 heavy (non-hydrogen) atoms. The zero-order valence-electron chi connectivity index (χ0n) is 21.2. The Morgan fingerprint density at radius 1 is 0.632 bits per heavy atom. The third-order valence-electron chi connectivity index (χ3n) is 4.76. The summed E-state index contributed by atoms with van der Waals surface area (Å²) in [5, 5.41) is 2.64. The van der Waals surface area contributed by atoms with Crippen molar-refractivity contribution >= 4 is 17.7 Å². The standard InChI is InChI=1S/C24H32F5NO8/c1-15(2)16(31)3-7-34-13-14-37-10-6-30-17(32)4-8-35-11-12-36-9-5-18(33)38-24-22(28)20(26)19(25)21(27)23(24)29/h15H,3-14H2,1-2H3,(H,30,32). The Kier molecular flexibility index (Phi) is 16.3. The van der Waals surface area contributed by atoms with Crippen molar-refractivity contribution in [2.45, 2.75) is 33.1 Å². The molecule has 0 radical (unpaired) electrons. The lowest BCUT2D eigenvalue weighted by molar-refractivity contribution is -0.136. The topological polar surface area (TPSA) is 109 Å². The van der Waals surface area contributed by atoms with Crippen LogP contribution < -0.4 is 10.1 Å². The van der Waals surface area contributed by atoms with Crippen LogP contribution in [0.1, 0.15) is 33.1 Å². The van der Waals surface area contributed by atoms with Gasteiger partial charge in [0.15, 0.2) is 0 Å². The lowest BCUT2D eigenvalue weighted by Gasteiger charge is -2.09. The first kappa shape index (κ1) is 33.3. The molecule has 0 bridgehead atoms. The van der Waals surface area contributed by atoms with Gasteiger partial charge in [-0.2, -0.15) is 8.78 Å². The number of carbonyl (C=O) groups is 3. The van der Waals surface area contributed by atoms with Gasteiger partial charge < -0.3 is 29.0 Å². The van der Waals surface area contributed by atoms with Crippen molar-refractivity contribution < 1.29 is 60.0 Å². The Labute approximate surface area is 216 Å². The number of carbonyl (C=O) groups excluding carboxylic acids is 3. The van der Waals surface area contributed by atoms with Crippen LogP contribution in [0.15, 0.2) is 0 Å². The third-order valence-corrected chi connectivity index (χ3v) is 4.76. The number of hydrogen-bond acceptors (Lipinski definition) is 8. The van der Waals surface area contributed by atoms with Crippen LogP contribution in [0.25, 0.3) is 0 Å². The van der Waals surface area contributed by atoms with E-state index in [-0.39, 0.29) is 50.5 Å². The van der Waals surface area contributed by atoms with Gasteiger partial charge in [0.25, 0.3) is 0 Å². The average molecular weight is 558 g/mol. The molecule has 1 N–H and O–H groups in total. The smallest absolute Gasteiger partial charge is 0.313 e. The van der Waals surface area contributed by atoms with Crippen LogP contribution in [0.5, 0.6) is 5.75 Å². The summed E-state index contributed by atoms with van der Waals surface area (Å²) in [7, 11) is 0. The Morgan fingerprint density at radius 3 is 1.61 bits per heavy atom. The van der Waals surface area contributed by atoms with E-state index in [0.717, 1.165) is 0 Å². The van der Waals surface area contributed by atoms with E-state index in [1.54, 1.807) is 0 Å². The number of ether oxygens (including phenoxy) is 5. The van der Waals surface area contributed by atoms with Crippen LogP contribution in [-0.4, -0.2) is 77.1 Å². The van der Waals surface area contributed by atoms with Crippen LogP contribution in [0, 0.1) is 35.0 Å². The molecule has 0 heterocycles. The molecule has 1 aromatic rings. The molecule has 1 rings (SSSR count). The summed E-state index contributed by atoms with van der Waals surface area (Å²) in [6.45, 7) is 5.21. The molecule has 0 unspecified atom stereocenters. The van der Waals surface area contributed by atoms with Crippen LogP contribution in [0.4, 0.5) is 22.0 Å². The highest BCUT2D eigenvalue weighted by atomic mass is 19.2. The molecule has 0 atom stereocenters. The van der Waals surface area contributed by atoms with E-state index in [1.165, 1.54) is 0 Å². The molecule has 0 aliphatic carbocycles. The highest BCUT2D eigenvalue weighted by Gasteiger charge is 2.28. The zero-order chi connectivity index (χ0) is 28.5. The molecule has 0 fully saturated rings. The maximum absolute atomic E-state index is 13.5. The number of esters is 1. The number of hydrogen-bond donors (Lipinski definition) is 1. The van der Waals surface area contributed by atoms with Gasteiger partial charge in [-0.15, -0.1) is 0 Å². The summed E-state index contributed by atoms with van der Waals surface area (Å²) in [6.07, 6.45) is -0.0678. The Bertz CT molecular complexity index is 887. The quantitative estimate of drug-likeness (QED) is 0.0651. The van der Waals surface area contributed by atoms with Gasteiger partial charge in [-0.25, -0.2) is 13.2 Å². The predicted octanol–water partition coefficient (Wildman–Crippen LogP) is 2.87. The van der Waals surface area contributed by atoms with E-state index in [0.29, 0.717) is 39.4 Å². The molecule has 9 nitrogen and oxygen atoms in total. The van der Waals surface area contributed by atoms with Gasteiger partial charge in [-0.3, -0.25) is 14.4 Å². The number of halogens is 5. The second-order valence-electron chi connectivity index (χ2n) is 8.04. The van der Waals surface area contributed by atoms with Crippen molar-refractivity contribution in [1.29, 1.82) is 0 Å². The van der Waals surface area contributed by atoms with E-state index in [9.17, 15) is 36.3 Å². The zero-order valence-corrected chi connectivity index (χ0v) is 21.2. The minimum atomic E-state index is -2.36. The first-order valence-electron chi connectivity index (χ1n) is 11.9. The van der Waals surface area contributed by atoms with Crippen molar-refractivity contribution in [3.05, 3.63) is 29.1 Å². The van der Waals surface area contributed by atoms with Crippen LogP contribution in [-0.2, 0) is 33.3 Å². The highest BCUT2D eigenvalue weighted by molar-refractivity contribution is 5.80. The lowest BCUT2D eigenvalue weighted by atomic mass is 10.1. The van der Waals surface area contributed by atoms with Crippen LogP contribution in [0.2, 0.25) is 0 Å². The van der Waals surface area contributed by atoms with Gasteiger partial charge in [0.1, 0.15) is 5.78 Å². The first-order chi connectivity index (χ1) is 18.1. The molecule has 216 valence electrons. The van der Waals surface area contributed by atoms with E-state index in [4.69, 9.17) is 18.9 Å². The highest BCUT2D eigenvalue weighted by Crippen LogP contribution is 2.29. The molecular weight excluding hydrogens is 525 g/mol. The van der Waals surface area contributed by atoms with Gasteiger partial charge in [-0.05, 0) is 0 Å². The monoisotopic (exact) mass is 557 g/mol. The summed E-state index contributed by atoms with van der Waals surface area (Å²) >= 11 is 0. The Balaban J connectivity index is 2.00. The molecule has 0 saturated heterocycles. The fourth-order valence-corrected chi connectivity index (χ4v) is 2.62. The normalized spacial score (nSPS) is 11.2. The predicted molar refractivity (Wildman–Crippen MR) is 122 cm³/mol. The number of rotatable bonds is 20. The molecule has 0 aliphatic rings. The fourth-order valence-electron chi connectivity index (χ4n) is 2.62. The van der Waals surface area contributed by atoms with E-state index in [1.807, 2.05) is 13.8 Å². The lowest BCUT2D eigenvalue weighted by Crippen LogP contribution is -2.28. The summed E-state index contributed by atoms with van der Waals surface area (Å²) < 4.78 is 91.2. The summed E-state index contributed by atoms with van der Waals surface area (Å²) in [5.74, 6) is -14.4. The van der Waals surface area contributed by atoms with Gasteiger partial charge in [-0.1, -0.05) is 13.8 Å². The van der Waals surface area contributed by atoms with Crippen molar-refractivity contribution in [2.24, 2.45) is 5.92 Å². The van der Waals surface area contributed by atoms with Gasteiger partial charge in [0, 0.05) is 25.3 Å². The minimum Gasteiger partial charge on any atom is -0.420 e. The van der Waals surface area contributed by atoms with Gasteiger partial charge >= 0.3 is 5.97 Å². The van der Waals surface area contributed by atoms with E-state index in [2.05, 4.69) is 10.1 Å². The second-order valence-corrected chi connectivity index (χ2v) is 8.04. The number of ketones is 1. The third kappa shape index (κ3) is 12.7. The molecule has 0 aromatic heterocycles. The number of benzene rings is 1. The largest absolute Gasteiger partial charge is 0.420 e. The molecule has 14 heteroatoms. The molecular formula is C24H32F5NO8. The van der Waals surface area contributed by atoms with Crippen LogP contribution in [0.3, 0.4) is 0 Å². The first-order valence-corrected chi connectivity index (χ1v) is 11.9. The maximum Gasteiger partial charge on any atom is 0.313 e. The Morgan fingerprint density at radius 2 is 1.08 bits per heavy atom. The summed E-state index contributed by atoms with van der Waals surface area (Å²) in [5.41, 5.74) is 0. The molecule has 0 saturated carbocycles. The van der Waals surface area contributed by atoms with Crippen molar-refractivity contribution in [2.75, 3.05) is 59.4 Å². The average Bonchev–Trinajstić information content (AvgIpc) is 2.89. The minimum absolute atomic E-state index is 0.0104. The van der Waals surface area contributed by atoms with Crippen molar-refractivity contribution in [3.8, 4) is 5.75 Å². The SMILES string of the molecule is CC(C)C(=O)CCOCCOCCNC(=O)CCOCCOCCC(=O)Oc1c(F)c(F)c(F)c(F)c1F. The Hall–Kier alpha value is -2.68. The van der Waals surface area contributed by atoms with Gasteiger partial charge in [0.2, 0.25) is 40.7 Å². The number of nitrogens with one attached hydrogen (secondary N) is 1. The summed E-state index contributed by atoms with van der Waals surface area (Å²) in [6, 6.07) is 0. The molecule has 1 amide bonds. The van der Waals surface area contributed by atoms with E-state index >= 15 is 0 Å². The fraction of sp³-hybridized carbons (Fsp3) is 0.625. The summed E-state index contributed by atoms with van der Waals surface area (Å²) in [4.78, 5) is 34.7. The van der Waals surface area contributed by atoms with Gasteiger partial charge in [0.05, 0.1) is 59.3 Å².